The number of halogens is 1. The molecule has 3 aliphatic rings. The molecule has 2 aliphatic carbocycles. The summed E-state index contributed by atoms with van der Waals surface area (Å²) in [5.41, 5.74) is 3.87. The number of benzene rings is 1. The lowest BCUT2D eigenvalue weighted by atomic mass is 9.88. The third-order valence-corrected chi connectivity index (χ3v) is 6.47. The molecule has 3 nitrogen and oxygen atoms in total. The minimum absolute atomic E-state index is 0. The largest absolute Gasteiger partial charge is 0.341 e. The van der Waals surface area contributed by atoms with Crippen LogP contribution >= 0.6 is 12.4 Å². The Labute approximate surface area is 163 Å². The molecule has 1 saturated carbocycles. The summed E-state index contributed by atoms with van der Waals surface area (Å²) >= 11 is 0. The predicted molar refractivity (Wildman–Crippen MR) is 110 cm³/mol. The normalized spacial score (nSPS) is 25.3. The number of rotatable bonds is 4. The Morgan fingerprint density at radius 2 is 1.85 bits per heavy atom. The van der Waals surface area contributed by atoms with Crippen molar-refractivity contribution in [2.75, 3.05) is 20.1 Å². The Hall–Kier alpha value is -1.32. The molecule has 1 aromatic carbocycles. The van der Waals surface area contributed by atoms with Gasteiger partial charge in [0.15, 0.2) is 0 Å². The third-order valence-electron chi connectivity index (χ3n) is 6.47. The minimum atomic E-state index is 0. The predicted octanol–water partition coefficient (Wildman–Crippen LogP) is 4.30. The molecule has 4 rings (SSSR count). The number of likely N-dealkylation sites (tertiary alicyclic amines) is 1. The summed E-state index contributed by atoms with van der Waals surface area (Å²) in [4.78, 5) is 17.8. The summed E-state index contributed by atoms with van der Waals surface area (Å²) in [6, 6.07) is 9.49. The fraction of sp³-hybridized carbons (Fsp3) is 0.591. The van der Waals surface area contributed by atoms with Crippen LogP contribution in [-0.4, -0.2) is 47.9 Å². The van der Waals surface area contributed by atoms with Gasteiger partial charge in [-0.05, 0) is 61.9 Å². The number of amides is 1. The van der Waals surface area contributed by atoms with E-state index in [1.807, 2.05) is 7.05 Å². The first-order valence-corrected chi connectivity index (χ1v) is 10.0. The van der Waals surface area contributed by atoms with Crippen LogP contribution < -0.4 is 0 Å². The SMILES string of the molecule is CN(C(=O)CC1=CCc2ccccc21)C1CCCCC1N1CCCC1.Cl. The number of carbonyl (C=O) groups excluding carboxylic acids is 1. The number of likely N-dealkylation sites (N-methyl/N-ethyl adjacent to an activating group) is 1. The van der Waals surface area contributed by atoms with Crippen LogP contribution in [0.3, 0.4) is 0 Å². The lowest BCUT2D eigenvalue weighted by Crippen LogP contribution is -2.53. The molecule has 1 amide bonds. The van der Waals surface area contributed by atoms with Gasteiger partial charge in [-0.15, -0.1) is 12.4 Å². The van der Waals surface area contributed by atoms with Gasteiger partial charge in [-0.2, -0.15) is 0 Å². The zero-order chi connectivity index (χ0) is 17.2. The van der Waals surface area contributed by atoms with Gasteiger partial charge in [-0.3, -0.25) is 9.69 Å². The van der Waals surface area contributed by atoms with Crippen molar-refractivity contribution in [1.82, 2.24) is 9.80 Å². The number of hydrogen-bond acceptors (Lipinski definition) is 2. The average molecular weight is 375 g/mol. The van der Waals surface area contributed by atoms with Gasteiger partial charge in [-0.25, -0.2) is 0 Å². The maximum Gasteiger partial charge on any atom is 0.227 e. The maximum absolute atomic E-state index is 13.0. The zero-order valence-corrected chi connectivity index (χ0v) is 16.6. The number of carbonyl (C=O) groups is 1. The van der Waals surface area contributed by atoms with Gasteiger partial charge in [0.1, 0.15) is 0 Å². The monoisotopic (exact) mass is 374 g/mol. The van der Waals surface area contributed by atoms with E-state index in [0.29, 0.717) is 24.4 Å². The highest BCUT2D eigenvalue weighted by molar-refractivity contribution is 5.90. The van der Waals surface area contributed by atoms with Crippen LogP contribution in [0, 0.1) is 0 Å². The zero-order valence-electron chi connectivity index (χ0n) is 15.8. The number of fused-ring (bicyclic) bond motifs is 1. The van der Waals surface area contributed by atoms with Crippen LogP contribution in [-0.2, 0) is 11.2 Å². The van der Waals surface area contributed by atoms with Crippen LogP contribution in [0.5, 0.6) is 0 Å². The smallest absolute Gasteiger partial charge is 0.227 e. The summed E-state index contributed by atoms with van der Waals surface area (Å²) in [5, 5.41) is 0. The number of allylic oxidation sites excluding steroid dienone is 1. The van der Waals surface area contributed by atoms with E-state index in [1.165, 1.54) is 68.3 Å². The molecule has 2 atom stereocenters. The second-order valence-electron chi connectivity index (χ2n) is 7.93. The van der Waals surface area contributed by atoms with Gasteiger partial charge in [0, 0.05) is 19.1 Å². The molecule has 0 spiro atoms. The highest BCUT2D eigenvalue weighted by Gasteiger charge is 2.35. The lowest BCUT2D eigenvalue weighted by molar-refractivity contribution is -0.132. The van der Waals surface area contributed by atoms with E-state index in [4.69, 9.17) is 0 Å². The Balaban J connectivity index is 0.00000196. The van der Waals surface area contributed by atoms with E-state index in [9.17, 15) is 4.79 Å². The van der Waals surface area contributed by atoms with Gasteiger partial charge in [0.05, 0.1) is 6.42 Å². The van der Waals surface area contributed by atoms with Gasteiger partial charge < -0.3 is 4.90 Å². The van der Waals surface area contributed by atoms with E-state index in [1.54, 1.807) is 0 Å². The van der Waals surface area contributed by atoms with Gasteiger partial charge in [-0.1, -0.05) is 43.2 Å². The van der Waals surface area contributed by atoms with Crippen LogP contribution in [0.4, 0.5) is 0 Å². The molecule has 4 heteroatoms. The molecule has 0 N–H and O–H groups in total. The van der Waals surface area contributed by atoms with Gasteiger partial charge in [0.2, 0.25) is 5.91 Å². The van der Waals surface area contributed by atoms with Crippen molar-refractivity contribution in [3.63, 3.8) is 0 Å². The standard InChI is InChI=1S/C22H30N2O.ClH/c1-23(20-10-4-5-11-21(20)24-14-6-7-15-24)22(25)16-18-13-12-17-8-2-3-9-19(17)18;/h2-3,8-9,13,20-21H,4-7,10-12,14-16H2,1H3;1H. The summed E-state index contributed by atoms with van der Waals surface area (Å²) in [6.07, 6.45) is 11.4. The first-order valence-electron chi connectivity index (χ1n) is 10.0. The molecule has 0 aromatic heterocycles. The van der Waals surface area contributed by atoms with E-state index in [0.717, 1.165) is 6.42 Å². The summed E-state index contributed by atoms with van der Waals surface area (Å²) in [6.45, 7) is 2.45. The van der Waals surface area contributed by atoms with Crippen molar-refractivity contribution in [2.45, 2.75) is 63.5 Å². The lowest BCUT2D eigenvalue weighted by Gasteiger charge is -2.42. The Morgan fingerprint density at radius 3 is 2.65 bits per heavy atom. The third kappa shape index (κ3) is 3.84. The molecule has 0 radical (unpaired) electrons. The van der Waals surface area contributed by atoms with Crippen LogP contribution in [0.1, 0.15) is 56.1 Å². The van der Waals surface area contributed by atoms with Crippen LogP contribution in [0.2, 0.25) is 0 Å². The van der Waals surface area contributed by atoms with Crippen molar-refractivity contribution in [3.8, 4) is 0 Å². The molecule has 0 bridgehead atoms. The second kappa shape index (κ2) is 8.58. The number of nitrogens with zero attached hydrogens (tertiary/aromatic N) is 2. The fourth-order valence-electron chi connectivity index (χ4n) is 5.04. The molecule has 142 valence electrons. The minimum Gasteiger partial charge on any atom is -0.341 e. The molecular weight excluding hydrogens is 344 g/mol. The van der Waals surface area contributed by atoms with Gasteiger partial charge >= 0.3 is 0 Å². The van der Waals surface area contributed by atoms with E-state index >= 15 is 0 Å². The van der Waals surface area contributed by atoms with E-state index in [2.05, 4.69) is 40.1 Å². The van der Waals surface area contributed by atoms with E-state index in [-0.39, 0.29) is 12.4 Å². The van der Waals surface area contributed by atoms with Gasteiger partial charge in [0.25, 0.3) is 0 Å². The Bertz CT molecular complexity index is 666. The quantitative estimate of drug-likeness (QED) is 0.784. The molecule has 1 heterocycles. The van der Waals surface area contributed by atoms with Crippen molar-refractivity contribution < 1.29 is 4.79 Å². The Morgan fingerprint density at radius 1 is 1.12 bits per heavy atom. The molecule has 26 heavy (non-hydrogen) atoms. The molecule has 2 unspecified atom stereocenters. The molecule has 2 fully saturated rings. The van der Waals surface area contributed by atoms with E-state index < -0.39 is 0 Å². The second-order valence-corrected chi connectivity index (χ2v) is 7.93. The highest BCUT2D eigenvalue weighted by atomic mass is 35.5. The molecule has 1 aromatic rings. The molecule has 1 aliphatic heterocycles. The summed E-state index contributed by atoms with van der Waals surface area (Å²) in [7, 11) is 2.04. The van der Waals surface area contributed by atoms with Crippen molar-refractivity contribution in [3.05, 3.63) is 41.5 Å². The van der Waals surface area contributed by atoms with Crippen molar-refractivity contribution >= 4 is 23.9 Å². The van der Waals surface area contributed by atoms with Crippen molar-refractivity contribution in [1.29, 1.82) is 0 Å². The topological polar surface area (TPSA) is 23.6 Å². The Kier molecular flexibility index (Phi) is 6.42. The molecule has 1 saturated heterocycles. The van der Waals surface area contributed by atoms with Crippen LogP contribution in [0.25, 0.3) is 5.57 Å². The maximum atomic E-state index is 13.0. The summed E-state index contributed by atoms with van der Waals surface area (Å²) < 4.78 is 0. The van der Waals surface area contributed by atoms with Crippen molar-refractivity contribution in [2.24, 2.45) is 0 Å². The first-order chi connectivity index (χ1) is 12.2. The average Bonchev–Trinajstić information content (AvgIpc) is 3.32. The summed E-state index contributed by atoms with van der Waals surface area (Å²) in [5.74, 6) is 0.291. The fourth-order valence-corrected chi connectivity index (χ4v) is 5.04. The number of hydrogen-bond donors (Lipinski definition) is 0. The molecular formula is C22H31ClN2O. The first kappa shape index (κ1) is 19.4. The van der Waals surface area contributed by atoms with Crippen LogP contribution in [0.15, 0.2) is 30.3 Å². The highest BCUT2D eigenvalue weighted by Crippen LogP contribution is 2.32.